The number of carbonyl (C=O) groups is 1. The second-order valence-electron chi connectivity index (χ2n) is 5.35. The van der Waals surface area contributed by atoms with E-state index in [2.05, 4.69) is 15.3 Å². The normalized spacial score (nSPS) is 10.6. The van der Waals surface area contributed by atoms with Crippen LogP contribution in [0.2, 0.25) is 0 Å². The number of ether oxygens (including phenoxy) is 1. The molecular formula is C17H16N4O4. The van der Waals surface area contributed by atoms with E-state index in [4.69, 9.17) is 4.74 Å². The summed E-state index contributed by atoms with van der Waals surface area (Å²) < 4.78 is 5.89. The number of rotatable bonds is 5. The van der Waals surface area contributed by atoms with Crippen molar-refractivity contribution in [2.75, 3.05) is 7.11 Å². The van der Waals surface area contributed by atoms with Gasteiger partial charge < -0.3 is 15.0 Å². The zero-order valence-electron chi connectivity index (χ0n) is 13.5. The van der Waals surface area contributed by atoms with Gasteiger partial charge in [0.1, 0.15) is 6.54 Å². The van der Waals surface area contributed by atoms with Gasteiger partial charge in [-0.2, -0.15) is 0 Å². The Bertz CT molecular complexity index is 1040. The number of para-hydroxylation sites is 1. The molecule has 1 amide bonds. The minimum atomic E-state index is -0.621. The van der Waals surface area contributed by atoms with Crippen LogP contribution in [0.15, 0.2) is 52.2 Å². The zero-order valence-corrected chi connectivity index (χ0v) is 13.5. The van der Waals surface area contributed by atoms with E-state index in [0.717, 1.165) is 10.1 Å². The maximum atomic E-state index is 12.4. The van der Waals surface area contributed by atoms with Crippen molar-refractivity contribution in [2.24, 2.45) is 0 Å². The van der Waals surface area contributed by atoms with Crippen molar-refractivity contribution in [3.8, 4) is 5.88 Å². The molecule has 0 fully saturated rings. The number of aromatic amines is 1. The topological polar surface area (TPSA) is 106 Å². The first kappa shape index (κ1) is 16.4. The molecule has 3 aromatic rings. The van der Waals surface area contributed by atoms with Crippen LogP contribution in [0.5, 0.6) is 5.88 Å². The van der Waals surface area contributed by atoms with Gasteiger partial charge in [-0.25, -0.2) is 9.78 Å². The summed E-state index contributed by atoms with van der Waals surface area (Å²) in [6.45, 7) is -0.126. The van der Waals surface area contributed by atoms with Crippen LogP contribution in [-0.2, 0) is 17.9 Å². The van der Waals surface area contributed by atoms with E-state index < -0.39 is 17.2 Å². The number of pyridine rings is 1. The molecule has 0 saturated carbocycles. The predicted molar refractivity (Wildman–Crippen MR) is 91.5 cm³/mol. The summed E-state index contributed by atoms with van der Waals surface area (Å²) in [6, 6.07) is 10.1. The molecule has 2 N–H and O–H groups in total. The molecule has 0 aliphatic rings. The average Bonchev–Trinajstić information content (AvgIpc) is 2.63. The van der Waals surface area contributed by atoms with Crippen LogP contribution in [0, 0.1) is 0 Å². The van der Waals surface area contributed by atoms with Gasteiger partial charge in [0.05, 0.1) is 18.0 Å². The number of nitrogens with one attached hydrogen (secondary N) is 2. The molecule has 2 aromatic heterocycles. The average molecular weight is 340 g/mol. The van der Waals surface area contributed by atoms with E-state index in [9.17, 15) is 14.4 Å². The maximum absolute atomic E-state index is 12.4. The molecule has 0 radical (unpaired) electrons. The van der Waals surface area contributed by atoms with E-state index in [1.165, 1.54) is 7.11 Å². The summed E-state index contributed by atoms with van der Waals surface area (Å²) in [5, 5.41) is 3.02. The molecule has 128 valence electrons. The second-order valence-corrected chi connectivity index (χ2v) is 5.35. The van der Waals surface area contributed by atoms with Crippen molar-refractivity contribution in [3.05, 3.63) is 69.0 Å². The maximum Gasteiger partial charge on any atom is 0.329 e. The first-order valence-electron chi connectivity index (χ1n) is 7.56. The molecular weight excluding hydrogens is 324 g/mol. The Morgan fingerprint density at radius 3 is 2.88 bits per heavy atom. The van der Waals surface area contributed by atoms with Crippen molar-refractivity contribution in [2.45, 2.75) is 13.1 Å². The van der Waals surface area contributed by atoms with Crippen LogP contribution in [0.1, 0.15) is 5.56 Å². The van der Waals surface area contributed by atoms with E-state index in [-0.39, 0.29) is 13.1 Å². The number of hydrogen-bond acceptors (Lipinski definition) is 5. The Hall–Kier alpha value is -3.42. The number of methoxy groups -OCH3 is 1. The third kappa shape index (κ3) is 3.57. The Balaban J connectivity index is 1.76. The van der Waals surface area contributed by atoms with E-state index in [0.29, 0.717) is 16.8 Å². The number of carbonyl (C=O) groups excluding carboxylic acids is 1. The van der Waals surface area contributed by atoms with Crippen LogP contribution < -0.4 is 21.3 Å². The highest BCUT2D eigenvalue weighted by Gasteiger charge is 2.11. The van der Waals surface area contributed by atoms with Crippen molar-refractivity contribution < 1.29 is 9.53 Å². The third-order valence-corrected chi connectivity index (χ3v) is 3.69. The molecule has 8 nitrogen and oxygen atoms in total. The number of nitrogens with zero attached hydrogens (tertiary/aromatic N) is 2. The molecule has 0 aliphatic heterocycles. The summed E-state index contributed by atoms with van der Waals surface area (Å²) in [5.74, 6) is -0.00685. The van der Waals surface area contributed by atoms with Crippen LogP contribution in [0.25, 0.3) is 10.9 Å². The lowest BCUT2D eigenvalue weighted by molar-refractivity contribution is -0.121. The SMILES string of the molecule is COc1cc(CNC(=O)Cn2c(=O)[nH]c3ccccc3c2=O)ccn1. The van der Waals surface area contributed by atoms with Gasteiger partial charge in [0.25, 0.3) is 5.56 Å². The molecule has 25 heavy (non-hydrogen) atoms. The summed E-state index contributed by atoms with van der Waals surface area (Å²) in [5.41, 5.74) is 0.113. The number of fused-ring (bicyclic) bond motifs is 1. The van der Waals surface area contributed by atoms with Gasteiger partial charge in [-0.1, -0.05) is 12.1 Å². The van der Waals surface area contributed by atoms with Crippen molar-refractivity contribution >= 4 is 16.8 Å². The first-order chi connectivity index (χ1) is 12.1. The smallest absolute Gasteiger partial charge is 0.329 e. The largest absolute Gasteiger partial charge is 0.481 e. The number of aromatic nitrogens is 3. The van der Waals surface area contributed by atoms with Crippen LogP contribution >= 0.6 is 0 Å². The van der Waals surface area contributed by atoms with Gasteiger partial charge in [0.15, 0.2) is 0 Å². The highest BCUT2D eigenvalue weighted by atomic mass is 16.5. The summed E-state index contributed by atoms with van der Waals surface area (Å²) in [4.78, 5) is 43.1. The molecule has 8 heteroatoms. The molecule has 1 aromatic carbocycles. The fourth-order valence-electron chi connectivity index (χ4n) is 2.41. The second kappa shape index (κ2) is 7.00. The van der Waals surface area contributed by atoms with Gasteiger partial charge in [-0.3, -0.25) is 14.2 Å². The zero-order chi connectivity index (χ0) is 17.8. The van der Waals surface area contributed by atoms with Crippen LogP contribution in [0.4, 0.5) is 0 Å². The minimum absolute atomic E-state index is 0.234. The Morgan fingerprint density at radius 1 is 1.28 bits per heavy atom. The molecule has 3 rings (SSSR count). The molecule has 0 spiro atoms. The van der Waals surface area contributed by atoms with Gasteiger partial charge >= 0.3 is 5.69 Å². The van der Waals surface area contributed by atoms with Crippen LogP contribution in [-0.4, -0.2) is 27.6 Å². The molecule has 2 heterocycles. The van der Waals surface area contributed by atoms with Gasteiger partial charge in [-0.15, -0.1) is 0 Å². The summed E-state index contributed by atoms with van der Waals surface area (Å²) in [6.07, 6.45) is 1.57. The van der Waals surface area contributed by atoms with Crippen molar-refractivity contribution in [1.29, 1.82) is 0 Å². The lowest BCUT2D eigenvalue weighted by atomic mass is 10.2. The number of benzene rings is 1. The van der Waals surface area contributed by atoms with Crippen molar-refractivity contribution in [3.63, 3.8) is 0 Å². The van der Waals surface area contributed by atoms with Crippen molar-refractivity contribution in [1.82, 2.24) is 19.9 Å². The molecule has 0 aliphatic carbocycles. The van der Waals surface area contributed by atoms with E-state index >= 15 is 0 Å². The molecule has 0 unspecified atom stereocenters. The molecule has 0 bridgehead atoms. The summed E-state index contributed by atoms with van der Waals surface area (Å²) >= 11 is 0. The third-order valence-electron chi connectivity index (χ3n) is 3.69. The number of hydrogen-bond donors (Lipinski definition) is 2. The number of H-pyrrole nitrogens is 1. The lowest BCUT2D eigenvalue weighted by Gasteiger charge is -2.08. The highest BCUT2D eigenvalue weighted by Crippen LogP contribution is 2.08. The lowest BCUT2D eigenvalue weighted by Crippen LogP contribution is -2.40. The monoisotopic (exact) mass is 340 g/mol. The summed E-state index contributed by atoms with van der Waals surface area (Å²) in [7, 11) is 1.50. The van der Waals surface area contributed by atoms with E-state index in [1.54, 1.807) is 42.6 Å². The van der Waals surface area contributed by atoms with Crippen LogP contribution in [0.3, 0.4) is 0 Å². The Kier molecular flexibility index (Phi) is 4.60. The van der Waals surface area contributed by atoms with Gasteiger partial charge in [-0.05, 0) is 23.8 Å². The highest BCUT2D eigenvalue weighted by molar-refractivity contribution is 5.78. The fourth-order valence-corrected chi connectivity index (χ4v) is 2.41. The molecule has 0 atom stereocenters. The molecule has 0 saturated heterocycles. The minimum Gasteiger partial charge on any atom is -0.481 e. The fraction of sp³-hybridized carbons (Fsp3) is 0.176. The Morgan fingerprint density at radius 2 is 2.08 bits per heavy atom. The Labute approximate surface area is 142 Å². The standard InChI is InChI=1S/C17H16N4O4/c1-25-15-8-11(6-7-18-15)9-19-14(22)10-21-16(23)12-4-2-3-5-13(12)20-17(21)24/h2-8H,9-10H2,1H3,(H,19,22)(H,20,24). The quantitative estimate of drug-likeness (QED) is 0.700. The van der Waals surface area contributed by atoms with E-state index in [1.807, 2.05) is 0 Å². The van der Waals surface area contributed by atoms with Gasteiger partial charge in [0, 0.05) is 18.8 Å². The predicted octanol–water partition coefficient (Wildman–Crippen LogP) is 0.410. The van der Waals surface area contributed by atoms with Gasteiger partial charge in [0.2, 0.25) is 11.8 Å². The number of amides is 1. The first-order valence-corrected chi connectivity index (χ1v) is 7.56.